The molecule has 8 nitrogen and oxygen atoms in total. The Balaban J connectivity index is 1.30. The Labute approximate surface area is 243 Å². The van der Waals surface area contributed by atoms with Gasteiger partial charge in [0.1, 0.15) is 0 Å². The number of benzene rings is 3. The molecule has 0 spiro atoms. The molecule has 1 aliphatic rings. The minimum Gasteiger partial charge on any atom is -0.479 e. The lowest BCUT2D eigenvalue weighted by Gasteiger charge is -2.18. The van der Waals surface area contributed by atoms with E-state index in [2.05, 4.69) is 16.0 Å². The molecule has 0 saturated heterocycles. The summed E-state index contributed by atoms with van der Waals surface area (Å²) in [5.41, 5.74) is -0.804. The van der Waals surface area contributed by atoms with E-state index in [9.17, 15) is 24.3 Å². The minimum absolute atomic E-state index is 0.00697. The van der Waals surface area contributed by atoms with Crippen molar-refractivity contribution >= 4 is 69.0 Å². The zero-order valence-corrected chi connectivity index (χ0v) is 23.4. The first-order valence-corrected chi connectivity index (χ1v) is 13.9. The SMILES string of the molecule is C[C@@H](NC(=O)c1cc(Cl)c(C(=O)NC2(C(=O)O)C[C@H]2NC(=O)c2cccs2)c(Cl)c1)c1cccc2ccccc12. The summed E-state index contributed by atoms with van der Waals surface area (Å²) >= 11 is 14.0. The first-order chi connectivity index (χ1) is 19.1. The summed E-state index contributed by atoms with van der Waals surface area (Å²) in [7, 11) is 0. The van der Waals surface area contributed by atoms with E-state index in [1.165, 1.54) is 23.5 Å². The molecule has 0 aliphatic heterocycles. The maximum Gasteiger partial charge on any atom is 0.331 e. The summed E-state index contributed by atoms with van der Waals surface area (Å²) in [5, 5.41) is 21.4. The third kappa shape index (κ3) is 5.28. The summed E-state index contributed by atoms with van der Waals surface area (Å²) in [6.07, 6.45) is -0.00697. The van der Waals surface area contributed by atoms with Crippen molar-refractivity contribution in [3.63, 3.8) is 0 Å². The van der Waals surface area contributed by atoms with Crippen molar-refractivity contribution < 1.29 is 24.3 Å². The number of nitrogens with one attached hydrogen (secondary N) is 3. The van der Waals surface area contributed by atoms with Crippen LogP contribution in [-0.4, -0.2) is 40.4 Å². The second-order valence-corrected chi connectivity index (χ2v) is 11.3. The maximum absolute atomic E-state index is 13.1. The van der Waals surface area contributed by atoms with Gasteiger partial charge < -0.3 is 21.1 Å². The van der Waals surface area contributed by atoms with Crippen LogP contribution in [0.5, 0.6) is 0 Å². The number of carbonyl (C=O) groups is 4. The topological polar surface area (TPSA) is 125 Å². The van der Waals surface area contributed by atoms with E-state index in [-0.39, 0.29) is 33.6 Å². The second-order valence-electron chi connectivity index (χ2n) is 9.52. The molecular formula is C29H23Cl2N3O5S. The average Bonchev–Trinajstić information content (AvgIpc) is 3.32. The Morgan fingerprint density at radius 1 is 0.950 bits per heavy atom. The molecule has 11 heteroatoms. The van der Waals surface area contributed by atoms with Crippen molar-refractivity contribution in [1.82, 2.24) is 16.0 Å². The van der Waals surface area contributed by atoms with E-state index in [1.54, 1.807) is 17.5 Å². The van der Waals surface area contributed by atoms with Gasteiger partial charge in [0.2, 0.25) is 0 Å². The number of fused-ring (bicyclic) bond motifs is 1. The van der Waals surface area contributed by atoms with Gasteiger partial charge in [-0.25, -0.2) is 4.79 Å². The van der Waals surface area contributed by atoms with Crippen LogP contribution >= 0.6 is 34.5 Å². The van der Waals surface area contributed by atoms with E-state index >= 15 is 0 Å². The zero-order chi connectivity index (χ0) is 28.6. The largest absolute Gasteiger partial charge is 0.479 e. The van der Waals surface area contributed by atoms with Crippen molar-refractivity contribution in [2.45, 2.75) is 31.0 Å². The van der Waals surface area contributed by atoms with Crippen LogP contribution in [-0.2, 0) is 4.79 Å². The number of carboxylic acids is 1. The highest BCUT2D eigenvalue weighted by molar-refractivity contribution is 7.12. The first-order valence-electron chi connectivity index (χ1n) is 12.3. The first kappa shape index (κ1) is 27.6. The molecule has 1 aliphatic carbocycles. The number of thiophene rings is 1. The molecule has 4 aromatic rings. The Bertz CT molecular complexity index is 1630. The minimum atomic E-state index is -1.71. The highest BCUT2D eigenvalue weighted by Crippen LogP contribution is 2.38. The molecule has 0 radical (unpaired) electrons. The summed E-state index contributed by atoms with van der Waals surface area (Å²) in [5.74, 6) is -3.01. The van der Waals surface area contributed by atoms with E-state index in [1.807, 2.05) is 49.4 Å². The highest BCUT2D eigenvalue weighted by Gasteiger charge is 2.63. The van der Waals surface area contributed by atoms with Crippen LogP contribution in [0.1, 0.15) is 55.3 Å². The smallest absolute Gasteiger partial charge is 0.331 e. The molecule has 1 heterocycles. The predicted molar refractivity (Wildman–Crippen MR) is 154 cm³/mol. The third-order valence-electron chi connectivity index (χ3n) is 6.90. The number of rotatable bonds is 8. The van der Waals surface area contributed by atoms with Gasteiger partial charge in [0.05, 0.1) is 32.6 Å². The number of halogens is 2. The fourth-order valence-corrected chi connectivity index (χ4v) is 5.96. The Morgan fingerprint density at radius 3 is 2.33 bits per heavy atom. The van der Waals surface area contributed by atoms with Crippen LogP contribution < -0.4 is 16.0 Å². The Morgan fingerprint density at radius 2 is 1.65 bits per heavy atom. The van der Waals surface area contributed by atoms with Gasteiger partial charge in [0, 0.05) is 12.0 Å². The van der Waals surface area contributed by atoms with Gasteiger partial charge in [-0.05, 0) is 46.8 Å². The predicted octanol–water partition coefficient (Wildman–Crippen LogP) is 5.45. The lowest BCUT2D eigenvalue weighted by atomic mass is 9.99. The van der Waals surface area contributed by atoms with Crippen LogP contribution in [0.15, 0.2) is 72.1 Å². The van der Waals surface area contributed by atoms with Gasteiger partial charge in [0.15, 0.2) is 5.54 Å². The van der Waals surface area contributed by atoms with Crippen molar-refractivity contribution in [1.29, 1.82) is 0 Å². The Kier molecular flexibility index (Phi) is 7.55. The monoisotopic (exact) mass is 595 g/mol. The number of carbonyl (C=O) groups excluding carboxylic acids is 3. The lowest BCUT2D eigenvalue weighted by Crippen LogP contribution is -2.49. The molecule has 3 amide bonds. The van der Waals surface area contributed by atoms with E-state index in [0.29, 0.717) is 4.88 Å². The van der Waals surface area contributed by atoms with Gasteiger partial charge >= 0.3 is 5.97 Å². The average molecular weight is 596 g/mol. The molecule has 4 N–H and O–H groups in total. The number of hydrogen-bond acceptors (Lipinski definition) is 5. The molecular weight excluding hydrogens is 573 g/mol. The second kappa shape index (κ2) is 10.9. The highest BCUT2D eigenvalue weighted by atomic mass is 35.5. The van der Waals surface area contributed by atoms with Crippen LogP contribution in [0.3, 0.4) is 0 Å². The number of aliphatic carboxylic acids is 1. The van der Waals surface area contributed by atoms with Crippen LogP contribution in [0.2, 0.25) is 10.0 Å². The standard InChI is InChI=1S/C29H23Cl2N3O5S/c1-15(18-9-4-7-16-6-2-3-8-19(16)18)32-25(35)17-12-20(30)24(21(31)13-17)27(37)34-29(28(38)39)14-23(29)33-26(36)22-10-5-11-40-22/h2-13,15,23H,14H2,1H3,(H,32,35)(H,33,36)(H,34,37)(H,38,39)/t15-,23-,29?/m1/s1. The van der Waals surface area contributed by atoms with Crippen LogP contribution in [0.4, 0.5) is 0 Å². The number of hydrogen-bond donors (Lipinski definition) is 4. The fourth-order valence-electron chi connectivity index (χ4n) is 4.67. The summed E-state index contributed by atoms with van der Waals surface area (Å²) in [6, 6.07) is 18.5. The summed E-state index contributed by atoms with van der Waals surface area (Å²) in [4.78, 5) is 51.1. The lowest BCUT2D eigenvalue weighted by molar-refractivity contribution is -0.140. The molecule has 3 aromatic carbocycles. The summed E-state index contributed by atoms with van der Waals surface area (Å²) in [6.45, 7) is 1.86. The number of amides is 3. The number of carboxylic acid groups (broad SMARTS) is 1. The van der Waals surface area contributed by atoms with Gasteiger partial charge in [-0.3, -0.25) is 14.4 Å². The normalized spacial score (nSPS) is 18.5. The van der Waals surface area contributed by atoms with Crippen molar-refractivity contribution in [3.05, 3.63) is 104 Å². The molecule has 5 rings (SSSR count). The molecule has 1 fully saturated rings. The summed E-state index contributed by atoms with van der Waals surface area (Å²) < 4.78 is 0. The maximum atomic E-state index is 13.1. The van der Waals surface area contributed by atoms with Crippen LogP contribution in [0.25, 0.3) is 10.8 Å². The molecule has 204 valence electrons. The quantitative estimate of drug-likeness (QED) is 0.215. The van der Waals surface area contributed by atoms with Crippen molar-refractivity contribution in [2.75, 3.05) is 0 Å². The van der Waals surface area contributed by atoms with E-state index in [4.69, 9.17) is 23.2 Å². The molecule has 3 atom stereocenters. The van der Waals surface area contributed by atoms with Gasteiger partial charge in [-0.2, -0.15) is 0 Å². The van der Waals surface area contributed by atoms with Gasteiger partial charge in [0.25, 0.3) is 17.7 Å². The van der Waals surface area contributed by atoms with E-state index < -0.39 is 35.3 Å². The molecule has 0 bridgehead atoms. The van der Waals surface area contributed by atoms with Gasteiger partial charge in [-0.15, -0.1) is 11.3 Å². The fraction of sp³-hybridized carbons (Fsp3) is 0.172. The molecule has 1 saturated carbocycles. The molecule has 40 heavy (non-hydrogen) atoms. The van der Waals surface area contributed by atoms with Crippen LogP contribution in [0, 0.1) is 0 Å². The molecule has 1 aromatic heterocycles. The van der Waals surface area contributed by atoms with Crippen molar-refractivity contribution in [2.24, 2.45) is 0 Å². The molecule has 1 unspecified atom stereocenters. The van der Waals surface area contributed by atoms with Crippen molar-refractivity contribution in [3.8, 4) is 0 Å². The van der Waals surface area contributed by atoms with Gasteiger partial charge in [-0.1, -0.05) is 71.7 Å². The third-order valence-corrected chi connectivity index (χ3v) is 8.36. The Hall–Kier alpha value is -3.92. The zero-order valence-electron chi connectivity index (χ0n) is 21.0. The van der Waals surface area contributed by atoms with E-state index in [0.717, 1.165) is 16.3 Å².